The van der Waals surface area contributed by atoms with Gasteiger partial charge in [-0.15, -0.1) is 0 Å². The van der Waals surface area contributed by atoms with Gasteiger partial charge in [0.2, 0.25) is 0 Å². The molecule has 7 heteroatoms. The Bertz CT molecular complexity index is 891. The topological polar surface area (TPSA) is 28.0 Å². The van der Waals surface area contributed by atoms with Gasteiger partial charge in [0, 0.05) is 17.4 Å². The highest BCUT2D eigenvalue weighted by atomic mass is 19.4. The van der Waals surface area contributed by atoms with Crippen LogP contribution in [-0.4, -0.2) is 44.7 Å². The Labute approximate surface area is 168 Å². The fourth-order valence-electron chi connectivity index (χ4n) is 4.38. The molecule has 1 N–H and O–H groups in total. The van der Waals surface area contributed by atoms with Crippen LogP contribution in [0, 0.1) is 0 Å². The Hall–Kier alpha value is -2.54. The first-order valence-electron chi connectivity index (χ1n) is 9.98. The van der Waals surface area contributed by atoms with Crippen molar-refractivity contribution in [2.45, 2.75) is 25.6 Å². The van der Waals surface area contributed by atoms with E-state index in [1.54, 1.807) is 6.07 Å². The molecule has 0 saturated carbocycles. The lowest BCUT2D eigenvalue weighted by Crippen LogP contribution is -3.16. The second-order valence-corrected chi connectivity index (χ2v) is 7.91. The molecular weight excluding hydrogens is 379 g/mol. The van der Waals surface area contributed by atoms with Crippen LogP contribution in [0.4, 0.5) is 24.5 Å². The van der Waals surface area contributed by atoms with Crippen molar-refractivity contribution < 1.29 is 22.9 Å². The van der Waals surface area contributed by atoms with Crippen molar-refractivity contribution in [2.24, 2.45) is 0 Å². The number of benzene rings is 2. The highest BCUT2D eigenvalue weighted by molar-refractivity contribution is 5.96. The predicted molar refractivity (Wildman–Crippen MR) is 106 cm³/mol. The van der Waals surface area contributed by atoms with Crippen LogP contribution in [0.1, 0.15) is 18.1 Å². The minimum atomic E-state index is -4.34. The van der Waals surface area contributed by atoms with E-state index >= 15 is 0 Å². The van der Waals surface area contributed by atoms with E-state index in [0.717, 1.165) is 31.3 Å². The molecule has 0 aliphatic carbocycles. The van der Waals surface area contributed by atoms with Gasteiger partial charge in [0.1, 0.15) is 0 Å². The van der Waals surface area contributed by atoms with Gasteiger partial charge in [0.15, 0.2) is 6.54 Å². The number of carbonyl (C=O) groups excluding carboxylic acids is 1. The van der Waals surface area contributed by atoms with Crippen molar-refractivity contribution in [1.29, 1.82) is 0 Å². The van der Waals surface area contributed by atoms with E-state index in [9.17, 15) is 18.0 Å². The number of alkyl halides is 3. The molecule has 1 fully saturated rings. The predicted octanol–water partition coefficient (Wildman–Crippen LogP) is 2.39. The highest BCUT2D eigenvalue weighted by Gasteiger charge is 2.34. The number of rotatable bonds is 3. The van der Waals surface area contributed by atoms with Crippen molar-refractivity contribution >= 4 is 17.3 Å². The maximum atomic E-state index is 13.0. The van der Waals surface area contributed by atoms with Gasteiger partial charge >= 0.3 is 6.18 Å². The third-order valence-electron chi connectivity index (χ3n) is 5.89. The van der Waals surface area contributed by atoms with Gasteiger partial charge in [0.25, 0.3) is 5.91 Å². The third kappa shape index (κ3) is 4.10. The number of para-hydroxylation sites is 1. The molecule has 154 valence electrons. The molecule has 0 unspecified atom stereocenters. The minimum absolute atomic E-state index is 0.116. The zero-order chi connectivity index (χ0) is 20.6. The number of halogens is 3. The number of anilines is 2. The molecule has 1 saturated heterocycles. The zero-order valence-electron chi connectivity index (χ0n) is 16.4. The van der Waals surface area contributed by atoms with E-state index in [1.165, 1.54) is 22.6 Å². The molecule has 2 aromatic rings. The fraction of sp³-hybridized carbons (Fsp3) is 0.409. The normalized spacial score (nSPS) is 20.1. The van der Waals surface area contributed by atoms with Gasteiger partial charge in [-0.25, -0.2) is 0 Å². The monoisotopic (exact) mass is 404 g/mol. The summed E-state index contributed by atoms with van der Waals surface area (Å²) in [6.45, 7) is 5.21. The van der Waals surface area contributed by atoms with E-state index in [-0.39, 0.29) is 11.9 Å². The lowest BCUT2D eigenvalue weighted by molar-refractivity contribution is -0.892. The summed E-state index contributed by atoms with van der Waals surface area (Å²) in [6.07, 6.45) is -3.46. The SMILES string of the molecule is C[C@H]1Cc2ccccc2N1C(=O)C[NH+]1CCN(c2cccc(C(F)(F)F)c2)CC1. The Kier molecular flexibility index (Phi) is 5.25. The quantitative estimate of drug-likeness (QED) is 0.851. The standard InChI is InChI=1S/C22H24F3N3O/c1-16-13-17-5-2-3-8-20(17)28(16)21(29)15-26-9-11-27(12-10-26)19-7-4-6-18(14-19)22(23,24)25/h2-8,14,16H,9-13,15H2,1H3/p+1/t16-/m0/s1. The van der Waals surface area contributed by atoms with Crippen molar-refractivity contribution in [3.8, 4) is 0 Å². The smallest absolute Gasteiger partial charge is 0.360 e. The Balaban J connectivity index is 1.37. The summed E-state index contributed by atoms with van der Waals surface area (Å²) in [4.78, 5) is 18.0. The number of piperazine rings is 1. The highest BCUT2D eigenvalue weighted by Crippen LogP contribution is 2.32. The lowest BCUT2D eigenvalue weighted by atomic mass is 10.1. The molecule has 1 amide bonds. The molecule has 29 heavy (non-hydrogen) atoms. The molecule has 0 aromatic heterocycles. The zero-order valence-corrected chi connectivity index (χ0v) is 16.4. The van der Waals surface area contributed by atoms with Crippen LogP contribution >= 0.6 is 0 Å². The van der Waals surface area contributed by atoms with E-state index in [2.05, 4.69) is 13.0 Å². The summed E-state index contributed by atoms with van der Waals surface area (Å²) in [5.74, 6) is 0.116. The molecule has 1 atom stereocenters. The van der Waals surface area contributed by atoms with Crippen LogP contribution < -0.4 is 14.7 Å². The van der Waals surface area contributed by atoms with Crippen LogP contribution in [0.25, 0.3) is 0 Å². The Morgan fingerprint density at radius 3 is 2.55 bits per heavy atom. The van der Waals surface area contributed by atoms with Gasteiger partial charge in [0.05, 0.1) is 31.7 Å². The first-order chi connectivity index (χ1) is 13.8. The number of carbonyl (C=O) groups is 1. The van der Waals surface area contributed by atoms with E-state index in [0.29, 0.717) is 25.3 Å². The minimum Gasteiger partial charge on any atom is -0.360 e. The average molecular weight is 404 g/mol. The number of amides is 1. The summed E-state index contributed by atoms with van der Waals surface area (Å²) in [5, 5.41) is 0. The molecular formula is C22H25F3N3O+. The molecule has 4 nitrogen and oxygen atoms in total. The van der Waals surface area contributed by atoms with Gasteiger partial charge in [-0.2, -0.15) is 13.2 Å². The molecule has 4 rings (SSSR count). The number of quaternary nitrogens is 1. The van der Waals surface area contributed by atoms with Gasteiger partial charge in [-0.1, -0.05) is 24.3 Å². The average Bonchev–Trinajstić information content (AvgIpc) is 3.04. The molecule has 2 aliphatic heterocycles. The molecule has 2 aliphatic rings. The molecule has 2 aromatic carbocycles. The maximum absolute atomic E-state index is 13.0. The van der Waals surface area contributed by atoms with Crippen LogP contribution in [-0.2, 0) is 17.4 Å². The maximum Gasteiger partial charge on any atom is 0.416 e. The van der Waals surface area contributed by atoms with E-state index < -0.39 is 11.7 Å². The second kappa shape index (κ2) is 7.71. The summed E-state index contributed by atoms with van der Waals surface area (Å²) < 4.78 is 38.9. The van der Waals surface area contributed by atoms with E-state index in [4.69, 9.17) is 0 Å². The van der Waals surface area contributed by atoms with Gasteiger partial charge in [-0.05, 0) is 43.2 Å². The molecule has 2 heterocycles. The van der Waals surface area contributed by atoms with Crippen molar-refractivity contribution in [3.05, 3.63) is 59.7 Å². The summed E-state index contributed by atoms with van der Waals surface area (Å²) in [6, 6.07) is 13.7. The van der Waals surface area contributed by atoms with Crippen LogP contribution in [0.5, 0.6) is 0 Å². The summed E-state index contributed by atoms with van der Waals surface area (Å²) in [5.41, 5.74) is 2.18. The second-order valence-electron chi connectivity index (χ2n) is 7.91. The van der Waals surface area contributed by atoms with Crippen molar-refractivity contribution in [2.75, 3.05) is 42.5 Å². The fourth-order valence-corrected chi connectivity index (χ4v) is 4.38. The molecule has 0 bridgehead atoms. The Morgan fingerprint density at radius 2 is 1.83 bits per heavy atom. The number of hydrogen-bond acceptors (Lipinski definition) is 2. The van der Waals surface area contributed by atoms with Gasteiger partial charge < -0.3 is 14.7 Å². The third-order valence-corrected chi connectivity index (χ3v) is 5.89. The molecule has 0 radical (unpaired) electrons. The lowest BCUT2D eigenvalue weighted by Gasteiger charge is -2.34. The van der Waals surface area contributed by atoms with E-state index in [1.807, 2.05) is 28.0 Å². The number of nitrogens with zero attached hydrogens (tertiary/aromatic N) is 2. The number of hydrogen-bond donors (Lipinski definition) is 1. The largest absolute Gasteiger partial charge is 0.416 e. The van der Waals surface area contributed by atoms with Gasteiger partial charge in [-0.3, -0.25) is 4.79 Å². The summed E-state index contributed by atoms with van der Waals surface area (Å²) in [7, 11) is 0. The van der Waals surface area contributed by atoms with Crippen LogP contribution in [0.3, 0.4) is 0 Å². The first-order valence-corrected chi connectivity index (χ1v) is 9.98. The van der Waals surface area contributed by atoms with Crippen molar-refractivity contribution in [1.82, 2.24) is 0 Å². The van der Waals surface area contributed by atoms with Crippen LogP contribution in [0.2, 0.25) is 0 Å². The first kappa shape index (κ1) is 19.8. The van der Waals surface area contributed by atoms with Crippen molar-refractivity contribution in [3.63, 3.8) is 0 Å². The number of fused-ring (bicyclic) bond motifs is 1. The summed E-state index contributed by atoms with van der Waals surface area (Å²) >= 11 is 0. The number of nitrogens with one attached hydrogen (secondary N) is 1. The molecule has 0 spiro atoms. The van der Waals surface area contributed by atoms with Crippen LogP contribution in [0.15, 0.2) is 48.5 Å². The Morgan fingerprint density at radius 1 is 1.10 bits per heavy atom.